The van der Waals surface area contributed by atoms with Crippen LogP contribution in [-0.4, -0.2) is 55.6 Å². The van der Waals surface area contributed by atoms with Crippen molar-refractivity contribution in [2.75, 3.05) is 32.1 Å². The molecule has 2 aromatic rings. The van der Waals surface area contributed by atoms with Crippen molar-refractivity contribution >= 4 is 29.5 Å². The Hall–Kier alpha value is -2.64. The summed E-state index contributed by atoms with van der Waals surface area (Å²) in [5.41, 5.74) is 1.60. The highest BCUT2D eigenvalue weighted by Crippen LogP contribution is 2.28. The van der Waals surface area contributed by atoms with Crippen molar-refractivity contribution in [1.82, 2.24) is 10.0 Å². The third-order valence-electron chi connectivity index (χ3n) is 4.45. The van der Waals surface area contributed by atoms with Crippen LogP contribution in [0.1, 0.15) is 27.1 Å². The maximum atomic E-state index is 12.2. The first-order valence-electron chi connectivity index (χ1n) is 8.47. The van der Waals surface area contributed by atoms with Crippen molar-refractivity contribution in [2.45, 2.75) is 12.5 Å². The molecule has 1 aliphatic rings. The molecule has 0 bridgehead atoms. The van der Waals surface area contributed by atoms with Crippen molar-refractivity contribution in [3.05, 3.63) is 52.7 Å². The second-order valence-corrected chi connectivity index (χ2v) is 6.55. The van der Waals surface area contributed by atoms with Crippen molar-refractivity contribution in [3.63, 3.8) is 0 Å². The number of halogens is 1. The van der Waals surface area contributed by atoms with Crippen LogP contribution in [0.4, 0.5) is 5.69 Å². The number of hydrogen-bond acceptors (Lipinski definition) is 6. The molecule has 0 N–H and O–H groups in total. The first-order chi connectivity index (χ1) is 13.0. The van der Waals surface area contributed by atoms with E-state index in [0.717, 1.165) is 30.0 Å². The number of aldehydes is 1. The van der Waals surface area contributed by atoms with Crippen molar-refractivity contribution < 1.29 is 19.2 Å². The van der Waals surface area contributed by atoms with Crippen LogP contribution < -0.4 is 9.64 Å². The van der Waals surface area contributed by atoms with Crippen LogP contribution in [0.5, 0.6) is 5.88 Å². The number of rotatable bonds is 6. The first kappa shape index (κ1) is 19.1. The SMILES string of the molecule is CON(C)C(=O)c1ccc(N2CCC(Oc3ncccc3Cl)C2)c(C=O)c1. The molecule has 0 saturated carbocycles. The predicted octanol–water partition coefficient (Wildman–Crippen LogP) is 2.84. The predicted molar refractivity (Wildman–Crippen MR) is 101 cm³/mol. The van der Waals surface area contributed by atoms with E-state index < -0.39 is 0 Å². The molecule has 1 amide bonds. The molecule has 1 fully saturated rings. The third kappa shape index (κ3) is 4.20. The van der Waals surface area contributed by atoms with E-state index in [2.05, 4.69) is 9.88 Å². The zero-order valence-corrected chi connectivity index (χ0v) is 15.8. The summed E-state index contributed by atoms with van der Waals surface area (Å²) in [4.78, 5) is 34.9. The third-order valence-corrected chi connectivity index (χ3v) is 4.74. The molecule has 1 atom stereocenters. The smallest absolute Gasteiger partial charge is 0.277 e. The number of carbonyl (C=O) groups excluding carboxylic acids is 2. The summed E-state index contributed by atoms with van der Waals surface area (Å²) in [6, 6.07) is 8.51. The molecule has 2 heterocycles. The fraction of sp³-hybridized carbons (Fsp3) is 0.316. The van der Waals surface area contributed by atoms with Gasteiger partial charge in [-0.3, -0.25) is 14.4 Å². The lowest BCUT2D eigenvalue weighted by molar-refractivity contribution is -0.0756. The molecule has 8 heteroatoms. The van der Waals surface area contributed by atoms with E-state index in [9.17, 15) is 9.59 Å². The van der Waals surface area contributed by atoms with Crippen molar-refractivity contribution in [1.29, 1.82) is 0 Å². The molecule has 142 valence electrons. The number of anilines is 1. The lowest BCUT2D eigenvalue weighted by Crippen LogP contribution is -2.27. The molecule has 0 radical (unpaired) electrons. The van der Waals surface area contributed by atoms with Gasteiger partial charge < -0.3 is 9.64 Å². The Balaban J connectivity index is 1.74. The minimum absolute atomic E-state index is 0.0853. The summed E-state index contributed by atoms with van der Waals surface area (Å²) in [6.45, 7) is 1.32. The average Bonchev–Trinajstić information content (AvgIpc) is 3.16. The zero-order valence-electron chi connectivity index (χ0n) is 15.1. The van der Waals surface area contributed by atoms with E-state index >= 15 is 0 Å². The molecular formula is C19H20ClN3O4. The van der Waals surface area contributed by atoms with Crippen LogP contribution in [0.3, 0.4) is 0 Å². The Morgan fingerprint density at radius 2 is 2.22 bits per heavy atom. The second kappa shape index (κ2) is 8.37. The summed E-state index contributed by atoms with van der Waals surface area (Å²) in [5, 5.41) is 1.58. The monoisotopic (exact) mass is 389 g/mol. The van der Waals surface area contributed by atoms with Crippen LogP contribution in [-0.2, 0) is 4.84 Å². The zero-order chi connectivity index (χ0) is 19.4. The minimum atomic E-state index is -0.320. The summed E-state index contributed by atoms with van der Waals surface area (Å²) >= 11 is 6.09. The number of benzene rings is 1. The van der Waals surface area contributed by atoms with Crippen LogP contribution in [0, 0.1) is 0 Å². The fourth-order valence-electron chi connectivity index (χ4n) is 2.99. The molecule has 1 aromatic heterocycles. The van der Waals surface area contributed by atoms with E-state index in [1.807, 2.05) is 0 Å². The molecule has 0 spiro atoms. The van der Waals surface area contributed by atoms with Gasteiger partial charge >= 0.3 is 0 Å². The maximum Gasteiger partial charge on any atom is 0.277 e. The Morgan fingerprint density at radius 3 is 2.93 bits per heavy atom. The van der Waals surface area contributed by atoms with Gasteiger partial charge in [0.15, 0.2) is 6.29 Å². The quantitative estimate of drug-likeness (QED) is 0.558. The van der Waals surface area contributed by atoms with Gasteiger partial charge in [0.2, 0.25) is 5.88 Å². The number of carbonyl (C=O) groups is 2. The van der Waals surface area contributed by atoms with E-state index in [1.54, 1.807) is 36.5 Å². The Bertz CT molecular complexity index is 845. The molecule has 3 rings (SSSR count). The number of aromatic nitrogens is 1. The van der Waals surface area contributed by atoms with E-state index in [4.69, 9.17) is 21.2 Å². The van der Waals surface area contributed by atoms with Gasteiger partial charge in [0, 0.05) is 43.0 Å². The van der Waals surface area contributed by atoms with Crippen molar-refractivity contribution in [2.24, 2.45) is 0 Å². The van der Waals surface area contributed by atoms with Gasteiger partial charge in [0.25, 0.3) is 5.91 Å². The Morgan fingerprint density at radius 1 is 1.41 bits per heavy atom. The fourth-order valence-corrected chi connectivity index (χ4v) is 3.16. The van der Waals surface area contributed by atoms with E-state index in [-0.39, 0.29) is 12.0 Å². The average molecular weight is 390 g/mol. The Labute approximate surface area is 162 Å². The number of ether oxygens (including phenoxy) is 1. The van der Waals surface area contributed by atoms with Gasteiger partial charge in [-0.25, -0.2) is 10.0 Å². The van der Waals surface area contributed by atoms with Crippen LogP contribution in [0.2, 0.25) is 5.02 Å². The molecule has 1 aromatic carbocycles. The number of amides is 1. The normalized spacial score (nSPS) is 16.3. The van der Waals surface area contributed by atoms with Crippen LogP contribution in [0.15, 0.2) is 36.5 Å². The topological polar surface area (TPSA) is 72.0 Å². The molecule has 1 saturated heterocycles. The summed E-state index contributed by atoms with van der Waals surface area (Å²) < 4.78 is 5.89. The van der Waals surface area contributed by atoms with E-state index in [1.165, 1.54) is 14.2 Å². The van der Waals surface area contributed by atoms with E-state index in [0.29, 0.717) is 28.6 Å². The standard InChI is InChI=1S/C19H20ClN3O4/c1-22(26-2)19(25)13-5-6-17(14(10-13)12-24)23-9-7-15(11-23)27-18-16(20)4-3-8-21-18/h3-6,8,10,12,15H,7,9,11H2,1-2H3. The first-order valence-corrected chi connectivity index (χ1v) is 8.84. The summed E-state index contributed by atoms with van der Waals surface area (Å²) in [7, 11) is 2.92. The highest BCUT2D eigenvalue weighted by molar-refractivity contribution is 6.31. The van der Waals surface area contributed by atoms with Gasteiger partial charge in [0.1, 0.15) is 11.1 Å². The highest BCUT2D eigenvalue weighted by Gasteiger charge is 2.27. The molecular weight excluding hydrogens is 370 g/mol. The molecule has 7 nitrogen and oxygen atoms in total. The van der Waals surface area contributed by atoms with Crippen LogP contribution >= 0.6 is 11.6 Å². The van der Waals surface area contributed by atoms with Gasteiger partial charge in [-0.2, -0.15) is 0 Å². The maximum absolute atomic E-state index is 12.2. The van der Waals surface area contributed by atoms with Crippen LogP contribution in [0.25, 0.3) is 0 Å². The van der Waals surface area contributed by atoms with Gasteiger partial charge in [-0.1, -0.05) is 11.6 Å². The van der Waals surface area contributed by atoms with Gasteiger partial charge in [-0.05, 0) is 30.3 Å². The number of hydrogen-bond donors (Lipinski definition) is 0. The molecule has 0 aliphatic carbocycles. The number of nitrogens with zero attached hydrogens (tertiary/aromatic N) is 3. The summed E-state index contributed by atoms with van der Waals surface area (Å²) in [6.07, 6.45) is 3.07. The molecule has 27 heavy (non-hydrogen) atoms. The van der Waals surface area contributed by atoms with Crippen molar-refractivity contribution in [3.8, 4) is 5.88 Å². The minimum Gasteiger partial charge on any atom is -0.471 e. The molecule has 1 unspecified atom stereocenters. The Kier molecular flexibility index (Phi) is 5.93. The van der Waals surface area contributed by atoms with Gasteiger partial charge in [-0.15, -0.1) is 0 Å². The largest absolute Gasteiger partial charge is 0.471 e. The molecule has 1 aliphatic heterocycles. The lowest BCUT2D eigenvalue weighted by atomic mass is 10.1. The number of pyridine rings is 1. The van der Waals surface area contributed by atoms with Gasteiger partial charge in [0.05, 0.1) is 13.7 Å². The number of hydroxylamine groups is 2. The summed E-state index contributed by atoms with van der Waals surface area (Å²) in [5.74, 6) is 0.0877. The lowest BCUT2D eigenvalue weighted by Gasteiger charge is -2.21. The second-order valence-electron chi connectivity index (χ2n) is 6.14. The highest BCUT2D eigenvalue weighted by atomic mass is 35.5.